The Kier molecular flexibility index (Phi) is 6.11. The van der Waals surface area contributed by atoms with E-state index in [2.05, 4.69) is 10.1 Å². The molecule has 0 fully saturated rings. The first kappa shape index (κ1) is 19.2. The number of ether oxygens (including phenoxy) is 1. The molecule has 0 unspecified atom stereocenters. The number of nitrogens with zero attached hydrogens (tertiary/aromatic N) is 1. The van der Waals surface area contributed by atoms with E-state index >= 15 is 0 Å². The molecule has 3 amide bonds. The summed E-state index contributed by atoms with van der Waals surface area (Å²) in [4.78, 5) is 25.0. The summed E-state index contributed by atoms with van der Waals surface area (Å²) in [6.45, 7) is -0.828. The second-order valence-electron chi connectivity index (χ2n) is 5.70. The number of aryl methyl sites for hydroxylation is 1. The number of nitrogens with two attached hydrogens (primary N) is 1. The van der Waals surface area contributed by atoms with Gasteiger partial charge in [0, 0.05) is 24.8 Å². The molecule has 0 saturated carbocycles. The summed E-state index contributed by atoms with van der Waals surface area (Å²) in [7, 11) is 1.59. The van der Waals surface area contributed by atoms with Gasteiger partial charge in [0.25, 0.3) is 0 Å². The van der Waals surface area contributed by atoms with Crippen LogP contribution in [0.25, 0.3) is 0 Å². The number of benzene rings is 2. The van der Waals surface area contributed by atoms with Crippen molar-refractivity contribution in [2.45, 2.75) is 20.1 Å². The third kappa shape index (κ3) is 5.17. The minimum Gasteiger partial charge on any atom is -0.435 e. The van der Waals surface area contributed by atoms with Gasteiger partial charge in [0.2, 0.25) is 5.91 Å². The molecule has 6 nitrogen and oxygen atoms in total. The lowest BCUT2D eigenvalue weighted by molar-refractivity contribution is -0.0498. The van der Waals surface area contributed by atoms with Crippen molar-refractivity contribution in [1.29, 1.82) is 0 Å². The van der Waals surface area contributed by atoms with Crippen LogP contribution in [-0.4, -0.2) is 30.5 Å². The van der Waals surface area contributed by atoms with Gasteiger partial charge < -0.3 is 20.7 Å². The minimum absolute atomic E-state index is 0.0507. The van der Waals surface area contributed by atoms with E-state index in [0.717, 1.165) is 11.1 Å². The first-order valence-electron chi connectivity index (χ1n) is 7.72. The zero-order valence-electron chi connectivity index (χ0n) is 14.3. The zero-order valence-corrected chi connectivity index (χ0v) is 14.3. The average Bonchev–Trinajstić information content (AvgIpc) is 2.57. The number of anilines is 1. The van der Waals surface area contributed by atoms with Crippen LogP contribution in [0.1, 0.15) is 21.5 Å². The van der Waals surface area contributed by atoms with E-state index in [4.69, 9.17) is 5.73 Å². The highest BCUT2D eigenvalue weighted by Crippen LogP contribution is 2.19. The first-order valence-corrected chi connectivity index (χ1v) is 7.72. The minimum atomic E-state index is -2.88. The summed E-state index contributed by atoms with van der Waals surface area (Å²) in [6.07, 6.45) is 0. The van der Waals surface area contributed by atoms with Gasteiger partial charge in [-0.05, 0) is 42.3 Å². The molecule has 26 heavy (non-hydrogen) atoms. The molecule has 0 saturated heterocycles. The summed E-state index contributed by atoms with van der Waals surface area (Å²) in [6, 6.07) is 10.4. The van der Waals surface area contributed by atoms with Crippen LogP contribution < -0.4 is 15.8 Å². The van der Waals surface area contributed by atoms with Crippen molar-refractivity contribution < 1.29 is 23.1 Å². The van der Waals surface area contributed by atoms with E-state index in [1.54, 1.807) is 38.2 Å². The molecule has 0 heterocycles. The van der Waals surface area contributed by atoms with Gasteiger partial charge in [-0.25, -0.2) is 4.79 Å². The van der Waals surface area contributed by atoms with E-state index in [-0.39, 0.29) is 18.3 Å². The van der Waals surface area contributed by atoms with E-state index in [0.29, 0.717) is 11.3 Å². The van der Waals surface area contributed by atoms with Crippen LogP contribution in [0.5, 0.6) is 5.75 Å². The maximum absolute atomic E-state index is 12.3. The number of hydrogen-bond donors (Lipinski definition) is 2. The second kappa shape index (κ2) is 8.28. The monoisotopic (exact) mass is 363 g/mol. The van der Waals surface area contributed by atoms with Gasteiger partial charge in [0.15, 0.2) is 0 Å². The van der Waals surface area contributed by atoms with Crippen molar-refractivity contribution >= 4 is 17.6 Å². The third-order valence-corrected chi connectivity index (χ3v) is 3.68. The van der Waals surface area contributed by atoms with Crippen molar-refractivity contribution in [3.63, 3.8) is 0 Å². The number of halogens is 2. The van der Waals surface area contributed by atoms with Crippen LogP contribution >= 0.6 is 0 Å². The predicted molar refractivity (Wildman–Crippen MR) is 93.3 cm³/mol. The van der Waals surface area contributed by atoms with E-state index in [1.165, 1.54) is 23.1 Å². The van der Waals surface area contributed by atoms with Crippen molar-refractivity contribution in [3.05, 3.63) is 59.2 Å². The van der Waals surface area contributed by atoms with E-state index in [9.17, 15) is 18.4 Å². The number of nitrogens with one attached hydrogen (secondary N) is 1. The van der Waals surface area contributed by atoms with Gasteiger partial charge >= 0.3 is 12.6 Å². The highest BCUT2D eigenvalue weighted by atomic mass is 19.3. The summed E-state index contributed by atoms with van der Waals surface area (Å²) >= 11 is 0. The van der Waals surface area contributed by atoms with Crippen molar-refractivity contribution in [3.8, 4) is 5.75 Å². The largest absolute Gasteiger partial charge is 0.435 e. The molecule has 138 valence electrons. The standard InChI is InChI=1S/C18H19F2N3O3/c1-11-3-6-13(16(21)24)9-15(11)22-18(25)23(2)10-12-4-7-14(8-5-12)26-17(19)20/h3-9,17H,10H2,1-2H3,(H2,21,24)(H,22,25). The van der Waals surface area contributed by atoms with Crippen LogP contribution in [0, 0.1) is 6.92 Å². The molecule has 0 atom stereocenters. The van der Waals surface area contributed by atoms with Crippen LogP contribution in [-0.2, 0) is 6.54 Å². The summed E-state index contributed by atoms with van der Waals surface area (Å²) in [5.41, 5.74) is 7.55. The Bertz CT molecular complexity index is 795. The number of primary amides is 1. The highest BCUT2D eigenvalue weighted by molar-refractivity contribution is 5.96. The van der Waals surface area contributed by atoms with E-state index in [1.807, 2.05) is 0 Å². The third-order valence-electron chi connectivity index (χ3n) is 3.68. The Labute approximate surface area is 149 Å². The molecule has 2 aromatic carbocycles. The zero-order chi connectivity index (χ0) is 19.3. The fraction of sp³-hybridized carbons (Fsp3) is 0.222. The molecule has 0 spiro atoms. The fourth-order valence-corrected chi connectivity index (χ4v) is 2.24. The normalized spacial score (nSPS) is 10.5. The molecule has 3 N–H and O–H groups in total. The van der Waals surface area contributed by atoms with Crippen LogP contribution in [0.15, 0.2) is 42.5 Å². The fourth-order valence-electron chi connectivity index (χ4n) is 2.24. The van der Waals surface area contributed by atoms with Crippen LogP contribution in [0.3, 0.4) is 0 Å². The van der Waals surface area contributed by atoms with Gasteiger partial charge in [-0.3, -0.25) is 4.79 Å². The Hall–Kier alpha value is -3.16. The number of alkyl halides is 2. The molecule has 0 aliphatic heterocycles. The lowest BCUT2D eigenvalue weighted by Crippen LogP contribution is -2.31. The van der Waals surface area contributed by atoms with Crippen molar-refractivity contribution in [2.24, 2.45) is 5.73 Å². The van der Waals surface area contributed by atoms with Gasteiger partial charge in [-0.15, -0.1) is 0 Å². The van der Waals surface area contributed by atoms with E-state index < -0.39 is 12.5 Å². The van der Waals surface area contributed by atoms with Gasteiger partial charge in [0.1, 0.15) is 5.75 Å². The number of carbonyl (C=O) groups is 2. The Morgan fingerprint density at radius 2 is 1.85 bits per heavy atom. The molecule has 0 aromatic heterocycles. The highest BCUT2D eigenvalue weighted by Gasteiger charge is 2.13. The number of rotatable bonds is 6. The molecular weight excluding hydrogens is 344 g/mol. The molecule has 0 radical (unpaired) electrons. The van der Waals surface area contributed by atoms with Crippen LogP contribution in [0.4, 0.5) is 19.3 Å². The molecule has 0 bridgehead atoms. The molecule has 0 aliphatic rings. The molecule has 2 aromatic rings. The smallest absolute Gasteiger partial charge is 0.387 e. The number of amides is 3. The second-order valence-corrected chi connectivity index (χ2v) is 5.70. The first-order chi connectivity index (χ1) is 12.3. The van der Waals surface area contributed by atoms with Crippen molar-refractivity contribution in [1.82, 2.24) is 4.90 Å². The predicted octanol–water partition coefficient (Wildman–Crippen LogP) is 3.36. The Morgan fingerprint density at radius 3 is 2.42 bits per heavy atom. The van der Waals surface area contributed by atoms with Gasteiger partial charge in [-0.1, -0.05) is 18.2 Å². The van der Waals surface area contributed by atoms with Crippen molar-refractivity contribution in [2.75, 3.05) is 12.4 Å². The topological polar surface area (TPSA) is 84.7 Å². The Morgan fingerprint density at radius 1 is 1.19 bits per heavy atom. The molecular formula is C18H19F2N3O3. The molecule has 0 aliphatic carbocycles. The summed E-state index contributed by atoms with van der Waals surface area (Å²) < 4.78 is 28.6. The maximum atomic E-state index is 12.3. The SMILES string of the molecule is Cc1ccc(C(N)=O)cc1NC(=O)N(C)Cc1ccc(OC(F)F)cc1. The number of carbonyl (C=O) groups excluding carboxylic acids is 2. The maximum Gasteiger partial charge on any atom is 0.387 e. The summed E-state index contributed by atoms with van der Waals surface area (Å²) in [5, 5.41) is 2.72. The number of hydrogen-bond acceptors (Lipinski definition) is 3. The quantitative estimate of drug-likeness (QED) is 0.825. The Balaban J connectivity index is 2.01. The van der Waals surface area contributed by atoms with Gasteiger partial charge in [-0.2, -0.15) is 8.78 Å². The van der Waals surface area contributed by atoms with Gasteiger partial charge in [0.05, 0.1) is 0 Å². The molecule has 8 heteroatoms. The summed E-state index contributed by atoms with van der Waals surface area (Å²) in [5.74, 6) is -0.533. The lowest BCUT2D eigenvalue weighted by atomic mass is 10.1. The van der Waals surface area contributed by atoms with Crippen LogP contribution in [0.2, 0.25) is 0 Å². The average molecular weight is 363 g/mol. The molecule has 2 rings (SSSR count). The lowest BCUT2D eigenvalue weighted by Gasteiger charge is -2.19. The number of urea groups is 1.